The van der Waals surface area contributed by atoms with Gasteiger partial charge in [0.2, 0.25) is 11.8 Å². The Morgan fingerprint density at radius 3 is 2.37 bits per heavy atom. The SMILES string of the molecule is Cc1cc(-c2ncnc3[nH]c4cc(N5CCN(CC6CCN(c7ccc(N8CCC(=O)NC8=O)c(C)c7)CC6)CC5)ccc4c23)c(F)cc1[C@@H](C)NC(=O)c1noc(C(C)(C)C)n1. The maximum Gasteiger partial charge on any atom is 0.328 e. The number of piperidine rings is 1. The number of H-pyrrole nitrogens is 1. The summed E-state index contributed by atoms with van der Waals surface area (Å²) in [6.45, 7) is 18.8. The Labute approximate surface area is 365 Å². The molecule has 3 fully saturated rings. The molecule has 9 rings (SSSR count). The molecule has 0 saturated carbocycles. The van der Waals surface area contributed by atoms with Crippen molar-refractivity contribution < 1.29 is 23.3 Å². The van der Waals surface area contributed by atoms with Gasteiger partial charge < -0.3 is 24.6 Å². The smallest absolute Gasteiger partial charge is 0.328 e. The Morgan fingerprint density at radius 2 is 1.65 bits per heavy atom. The third-order valence-corrected chi connectivity index (χ3v) is 12.8. The minimum absolute atomic E-state index is 0.0666. The van der Waals surface area contributed by atoms with Crippen molar-refractivity contribution in [2.24, 2.45) is 5.92 Å². The van der Waals surface area contributed by atoms with E-state index >= 15 is 4.39 Å². The van der Waals surface area contributed by atoms with Gasteiger partial charge in [0, 0.05) is 97.7 Å². The lowest BCUT2D eigenvalue weighted by atomic mass is 9.95. The largest absolute Gasteiger partial charge is 0.372 e. The molecule has 3 N–H and O–H groups in total. The van der Waals surface area contributed by atoms with E-state index in [1.165, 1.54) is 18.1 Å². The number of halogens is 1. The number of rotatable bonds is 9. The van der Waals surface area contributed by atoms with Gasteiger partial charge in [-0.05, 0) is 98.7 Å². The topological polar surface area (TPSA) is 169 Å². The number of aryl methyl sites for hydroxylation is 2. The van der Waals surface area contributed by atoms with E-state index in [0.717, 1.165) is 97.4 Å². The highest BCUT2D eigenvalue weighted by atomic mass is 19.1. The number of amides is 4. The number of carbonyl (C=O) groups excluding carboxylic acids is 3. The molecule has 328 valence electrons. The molecule has 0 bridgehead atoms. The third kappa shape index (κ3) is 8.43. The van der Waals surface area contributed by atoms with E-state index in [1.807, 2.05) is 40.7 Å². The average molecular weight is 856 g/mol. The fraction of sp³-hybridized carbons (Fsp3) is 0.426. The summed E-state index contributed by atoms with van der Waals surface area (Å²) in [5.41, 5.74) is 7.62. The van der Waals surface area contributed by atoms with Crippen molar-refractivity contribution >= 4 is 56.8 Å². The van der Waals surface area contributed by atoms with Crippen LogP contribution in [0.4, 0.5) is 26.2 Å². The second kappa shape index (κ2) is 16.7. The van der Waals surface area contributed by atoms with Crippen molar-refractivity contribution in [2.45, 2.75) is 72.3 Å². The average Bonchev–Trinajstić information content (AvgIpc) is 3.92. The molecule has 0 aliphatic carbocycles. The first-order valence-corrected chi connectivity index (χ1v) is 21.9. The van der Waals surface area contributed by atoms with Crippen molar-refractivity contribution in [1.82, 2.24) is 40.6 Å². The van der Waals surface area contributed by atoms with Gasteiger partial charge in [0.15, 0.2) is 0 Å². The van der Waals surface area contributed by atoms with Crippen LogP contribution in [0.2, 0.25) is 0 Å². The van der Waals surface area contributed by atoms with Crippen LogP contribution in [-0.2, 0) is 10.2 Å². The highest BCUT2D eigenvalue weighted by molar-refractivity contribution is 6.12. The standard InChI is InChI=1S/C47H54FN11O4/c1-27-22-35(36(48)24-34(27)29(3)51-44(61)43-54-45(63-55-43)47(4,5)6)41-40-33-9-7-32(23-37(33)52-42(40)50-26-49-41)58-19-17-56(18-20-58)25-30-11-14-57(15-12-30)31-8-10-38(28(2)21-31)59-16-13-39(60)53-46(59)62/h7-10,21-24,26,29-30H,11-20,25H2,1-6H3,(H,51,61)(H,49,50,52)(H,53,60,62)/t29-/m1/s1. The molecule has 0 spiro atoms. The summed E-state index contributed by atoms with van der Waals surface area (Å²) in [4.78, 5) is 63.0. The van der Waals surface area contributed by atoms with E-state index in [2.05, 4.69) is 80.8 Å². The number of aromatic amines is 1. The molecule has 3 aliphatic heterocycles. The van der Waals surface area contributed by atoms with E-state index in [9.17, 15) is 14.4 Å². The van der Waals surface area contributed by atoms with Gasteiger partial charge in [-0.25, -0.2) is 19.2 Å². The lowest BCUT2D eigenvalue weighted by Crippen LogP contribution is -2.49. The number of imide groups is 1. The number of hydrogen-bond acceptors (Lipinski definition) is 11. The molecule has 15 nitrogen and oxygen atoms in total. The van der Waals surface area contributed by atoms with Crippen molar-refractivity contribution in [3.05, 3.63) is 89.1 Å². The number of nitrogens with one attached hydrogen (secondary N) is 3. The molecule has 3 aliphatic rings. The number of fused-ring (bicyclic) bond motifs is 3. The van der Waals surface area contributed by atoms with Crippen LogP contribution in [0.3, 0.4) is 0 Å². The Kier molecular flexibility index (Phi) is 11.1. The van der Waals surface area contributed by atoms with E-state index in [-0.39, 0.29) is 17.8 Å². The molecular weight excluding hydrogens is 802 g/mol. The first-order chi connectivity index (χ1) is 30.2. The number of nitrogens with zero attached hydrogens (tertiary/aromatic N) is 8. The van der Waals surface area contributed by atoms with Gasteiger partial charge in [0.1, 0.15) is 17.8 Å². The Hall–Kier alpha value is -6.42. The van der Waals surface area contributed by atoms with Crippen LogP contribution in [0, 0.1) is 25.6 Å². The fourth-order valence-corrected chi connectivity index (χ4v) is 9.28. The molecule has 3 saturated heterocycles. The molecule has 4 amide bonds. The fourth-order valence-electron chi connectivity index (χ4n) is 9.28. The second-order valence-electron chi connectivity index (χ2n) is 18.3. The summed E-state index contributed by atoms with van der Waals surface area (Å²) in [6.07, 6.45) is 4.03. The second-order valence-corrected chi connectivity index (χ2v) is 18.3. The number of anilines is 3. The van der Waals surface area contributed by atoms with E-state index in [4.69, 9.17) is 4.52 Å². The zero-order valence-corrected chi connectivity index (χ0v) is 36.7. The van der Waals surface area contributed by atoms with Crippen molar-refractivity contribution in [1.29, 1.82) is 0 Å². The minimum atomic E-state index is -0.524. The van der Waals surface area contributed by atoms with Crippen LogP contribution in [-0.4, -0.2) is 100 Å². The van der Waals surface area contributed by atoms with Crippen LogP contribution in [0.5, 0.6) is 0 Å². The number of benzene rings is 3. The van der Waals surface area contributed by atoms with Gasteiger partial charge in [-0.3, -0.25) is 24.7 Å². The van der Waals surface area contributed by atoms with Crippen molar-refractivity contribution in [2.75, 3.05) is 67.1 Å². The lowest BCUT2D eigenvalue weighted by Gasteiger charge is -2.40. The molecule has 63 heavy (non-hydrogen) atoms. The summed E-state index contributed by atoms with van der Waals surface area (Å²) in [6, 6.07) is 15.0. The van der Waals surface area contributed by atoms with E-state index in [1.54, 1.807) is 17.9 Å². The maximum atomic E-state index is 16.1. The predicted octanol–water partition coefficient (Wildman–Crippen LogP) is 7.19. The summed E-state index contributed by atoms with van der Waals surface area (Å²) in [5, 5.41) is 10.8. The Morgan fingerprint density at radius 1 is 0.921 bits per heavy atom. The molecule has 6 aromatic rings. The highest BCUT2D eigenvalue weighted by Gasteiger charge is 2.29. The Bertz CT molecular complexity index is 2730. The number of urea groups is 1. The molecule has 16 heteroatoms. The molecule has 0 unspecified atom stereocenters. The summed E-state index contributed by atoms with van der Waals surface area (Å²) < 4.78 is 21.4. The molecule has 6 heterocycles. The van der Waals surface area contributed by atoms with Gasteiger partial charge in [0.05, 0.1) is 17.1 Å². The summed E-state index contributed by atoms with van der Waals surface area (Å²) in [7, 11) is 0. The van der Waals surface area contributed by atoms with Crippen molar-refractivity contribution in [3.63, 3.8) is 0 Å². The molecule has 1 atom stereocenters. The van der Waals surface area contributed by atoms with Gasteiger partial charge in [-0.1, -0.05) is 32.0 Å². The lowest BCUT2D eigenvalue weighted by molar-refractivity contribution is -0.120. The first-order valence-electron chi connectivity index (χ1n) is 21.9. The van der Waals surface area contributed by atoms with Crippen LogP contribution >= 0.6 is 0 Å². The maximum absolute atomic E-state index is 16.1. The minimum Gasteiger partial charge on any atom is -0.372 e. The summed E-state index contributed by atoms with van der Waals surface area (Å²) >= 11 is 0. The van der Waals surface area contributed by atoms with Crippen LogP contribution in [0.15, 0.2) is 59.4 Å². The zero-order valence-electron chi connectivity index (χ0n) is 36.7. The number of hydrogen-bond donors (Lipinski definition) is 3. The van der Waals surface area contributed by atoms with Gasteiger partial charge in [-0.2, -0.15) is 4.98 Å². The van der Waals surface area contributed by atoms with Gasteiger partial charge in [0.25, 0.3) is 11.7 Å². The van der Waals surface area contributed by atoms with Gasteiger partial charge >= 0.3 is 6.03 Å². The Balaban J connectivity index is 0.816. The number of carbonyl (C=O) groups is 3. The van der Waals surface area contributed by atoms with Crippen LogP contribution in [0.25, 0.3) is 33.2 Å². The van der Waals surface area contributed by atoms with Crippen molar-refractivity contribution in [3.8, 4) is 11.3 Å². The number of aromatic nitrogens is 5. The molecule has 3 aromatic heterocycles. The molecular formula is C47H54FN11O4. The van der Waals surface area contributed by atoms with Crippen LogP contribution < -0.4 is 25.3 Å². The zero-order chi connectivity index (χ0) is 44.2. The van der Waals surface area contributed by atoms with E-state index in [0.29, 0.717) is 47.2 Å². The summed E-state index contributed by atoms with van der Waals surface area (Å²) in [5.74, 6) is -0.243. The first kappa shape index (κ1) is 41.9. The monoisotopic (exact) mass is 855 g/mol. The van der Waals surface area contributed by atoms with Gasteiger partial charge in [-0.15, -0.1) is 0 Å². The molecule has 3 aromatic carbocycles. The highest BCUT2D eigenvalue weighted by Crippen LogP contribution is 2.37. The normalized spacial score (nSPS) is 17.5. The van der Waals surface area contributed by atoms with Crippen LogP contribution in [0.1, 0.15) is 86.2 Å². The molecule has 0 radical (unpaired) electrons. The predicted molar refractivity (Wildman–Crippen MR) is 241 cm³/mol. The van der Waals surface area contributed by atoms with E-state index < -0.39 is 23.2 Å². The third-order valence-electron chi connectivity index (χ3n) is 12.8. The quantitative estimate of drug-likeness (QED) is 0.135. The number of piperazine rings is 1.